The van der Waals surface area contributed by atoms with Crippen LogP contribution in [0.25, 0.3) is 0 Å². The van der Waals surface area contributed by atoms with Crippen LogP contribution in [0.4, 0.5) is 0 Å². The molecule has 1 N–H and O–H groups in total. The van der Waals surface area contributed by atoms with Gasteiger partial charge in [0.1, 0.15) is 0 Å². The highest BCUT2D eigenvalue weighted by molar-refractivity contribution is 7.79. The van der Waals surface area contributed by atoms with Crippen LogP contribution in [0.5, 0.6) is 0 Å². The summed E-state index contributed by atoms with van der Waals surface area (Å²) in [4.78, 5) is 0. The summed E-state index contributed by atoms with van der Waals surface area (Å²) in [5.74, 6) is 1.07. The summed E-state index contributed by atoms with van der Waals surface area (Å²) in [7, 11) is 0. The van der Waals surface area contributed by atoms with Crippen LogP contribution in [0.2, 0.25) is 0 Å². The second-order valence-corrected chi connectivity index (χ2v) is 3.55. The monoisotopic (exact) mass is 164 g/mol. The van der Waals surface area contributed by atoms with Gasteiger partial charge in [-0.15, -0.1) is 0 Å². The Balaban J connectivity index is 3.34. The van der Waals surface area contributed by atoms with E-state index in [1.807, 2.05) is 0 Å². The Morgan fingerprint density at radius 1 is 1.40 bits per heavy atom. The van der Waals surface area contributed by atoms with Crippen molar-refractivity contribution >= 4 is 11.1 Å². The Morgan fingerprint density at radius 3 is 2.20 bits per heavy atom. The molecule has 0 amide bonds. The maximum absolute atomic E-state index is 10.2. The van der Waals surface area contributed by atoms with Crippen LogP contribution in [-0.4, -0.2) is 14.5 Å². The normalized spacial score (nSPS) is 14.0. The van der Waals surface area contributed by atoms with Crippen LogP contribution in [0, 0.1) is 5.92 Å². The van der Waals surface area contributed by atoms with Crippen molar-refractivity contribution in [2.45, 2.75) is 33.1 Å². The highest BCUT2D eigenvalue weighted by atomic mass is 32.2. The second-order valence-electron chi connectivity index (χ2n) is 2.50. The van der Waals surface area contributed by atoms with Crippen molar-refractivity contribution in [3.8, 4) is 0 Å². The van der Waals surface area contributed by atoms with Crippen LogP contribution in [0.3, 0.4) is 0 Å². The fraction of sp³-hybridized carbons (Fsp3) is 1.00. The molecule has 0 aromatic carbocycles. The van der Waals surface area contributed by atoms with Crippen molar-refractivity contribution in [1.82, 2.24) is 0 Å². The Morgan fingerprint density at radius 2 is 1.90 bits per heavy atom. The van der Waals surface area contributed by atoms with Gasteiger partial charge in [0.25, 0.3) is 0 Å². The Kier molecular flexibility index (Phi) is 5.93. The number of hydrogen-bond donors (Lipinski definition) is 1. The zero-order chi connectivity index (χ0) is 7.98. The van der Waals surface area contributed by atoms with Gasteiger partial charge < -0.3 is 4.55 Å². The van der Waals surface area contributed by atoms with E-state index in [9.17, 15) is 4.21 Å². The van der Waals surface area contributed by atoms with Gasteiger partial charge in [-0.3, -0.25) is 0 Å². The van der Waals surface area contributed by atoms with Crippen LogP contribution in [0.1, 0.15) is 33.1 Å². The Bertz CT molecular complexity index is 99.8. The summed E-state index contributed by atoms with van der Waals surface area (Å²) in [5, 5.41) is 0. The van der Waals surface area contributed by atoms with Gasteiger partial charge in [0.15, 0.2) is 11.1 Å². The van der Waals surface area contributed by atoms with Gasteiger partial charge in [-0.25, -0.2) is 4.21 Å². The highest BCUT2D eigenvalue weighted by Gasteiger charge is 2.04. The second kappa shape index (κ2) is 5.86. The molecular weight excluding hydrogens is 148 g/mol. The Hall–Kier alpha value is 0.110. The molecule has 0 radical (unpaired) electrons. The zero-order valence-electron chi connectivity index (χ0n) is 6.67. The van der Waals surface area contributed by atoms with E-state index < -0.39 is 11.1 Å². The lowest BCUT2D eigenvalue weighted by molar-refractivity contribution is 0.470. The molecule has 0 saturated carbocycles. The molecule has 0 aromatic heterocycles. The molecule has 0 saturated heterocycles. The number of hydrogen-bond acceptors (Lipinski definition) is 1. The maximum atomic E-state index is 10.2. The SMILES string of the molecule is CCC(CC)CCS(=O)O. The molecule has 0 rings (SSSR count). The average Bonchev–Trinajstić information content (AvgIpc) is 1.90. The Labute approximate surface area is 65.3 Å². The molecule has 0 aliphatic heterocycles. The standard InChI is InChI=1S/C7H16O2S/c1-3-7(4-2)5-6-10(8)9/h7H,3-6H2,1-2H3,(H,8,9). The van der Waals surface area contributed by atoms with Crippen molar-refractivity contribution in [2.24, 2.45) is 5.92 Å². The lowest BCUT2D eigenvalue weighted by Crippen LogP contribution is -2.03. The third-order valence-electron chi connectivity index (χ3n) is 1.86. The summed E-state index contributed by atoms with van der Waals surface area (Å²) >= 11 is -1.59. The smallest absolute Gasteiger partial charge is 0.152 e. The fourth-order valence-electron chi connectivity index (χ4n) is 0.964. The van der Waals surface area contributed by atoms with E-state index in [1.54, 1.807) is 0 Å². The molecule has 0 heterocycles. The van der Waals surface area contributed by atoms with Crippen molar-refractivity contribution in [3.63, 3.8) is 0 Å². The fourth-order valence-corrected chi connectivity index (χ4v) is 1.50. The summed E-state index contributed by atoms with van der Waals surface area (Å²) in [6.07, 6.45) is 3.12. The first-order valence-electron chi connectivity index (χ1n) is 3.78. The summed E-state index contributed by atoms with van der Waals surface area (Å²) in [5.41, 5.74) is 0. The molecule has 0 fully saturated rings. The molecule has 1 atom stereocenters. The summed E-state index contributed by atoms with van der Waals surface area (Å²) in [6, 6.07) is 0. The summed E-state index contributed by atoms with van der Waals surface area (Å²) in [6.45, 7) is 4.24. The van der Waals surface area contributed by atoms with Crippen LogP contribution in [0.15, 0.2) is 0 Å². The van der Waals surface area contributed by atoms with E-state index in [0.29, 0.717) is 11.7 Å². The van der Waals surface area contributed by atoms with Crippen molar-refractivity contribution in [1.29, 1.82) is 0 Å². The molecule has 0 spiro atoms. The van der Waals surface area contributed by atoms with Crippen LogP contribution < -0.4 is 0 Å². The molecule has 0 aliphatic rings. The predicted octanol–water partition coefficient (Wildman–Crippen LogP) is 2.03. The van der Waals surface area contributed by atoms with Crippen molar-refractivity contribution in [2.75, 3.05) is 5.75 Å². The largest absolute Gasteiger partial charge is 0.306 e. The molecule has 10 heavy (non-hydrogen) atoms. The first-order valence-corrected chi connectivity index (χ1v) is 5.05. The first kappa shape index (κ1) is 10.1. The van der Waals surface area contributed by atoms with Gasteiger partial charge in [0.2, 0.25) is 0 Å². The van der Waals surface area contributed by atoms with E-state index in [4.69, 9.17) is 4.55 Å². The molecule has 3 heteroatoms. The van der Waals surface area contributed by atoms with Gasteiger partial charge in [-0.1, -0.05) is 26.7 Å². The van der Waals surface area contributed by atoms with E-state index >= 15 is 0 Å². The van der Waals surface area contributed by atoms with Crippen molar-refractivity contribution < 1.29 is 8.76 Å². The van der Waals surface area contributed by atoms with Crippen LogP contribution >= 0.6 is 0 Å². The molecule has 1 unspecified atom stereocenters. The van der Waals surface area contributed by atoms with Gasteiger partial charge in [0.05, 0.1) is 0 Å². The van der Waals surface area contributed by atoms with Gasteiger partial charge in [0, 0.05) is 5.75 Å². The molecule has 0 bridgehead atoms. The minimum absolute atomic E-state index is 0.437. The quantitative estimate of drug-likeness (QED) is 0.631. The molecule has 62 valence electrons. The van der Waals surface area contributed by atoms with Crippen molar-refractivity contribution in [3.05, 3.63) is 0 Å². The maximum Gasteiger partial charge on any atom is 0.152 e. The van der Waals surface area contributed by atoms with Gasteiger partial charge >= 0.3 is 0 Å². The van der Waals surface area contributed by atoms with E-state index in [1.165, 1.54) is 0 Å². The third-order valence-corrected chi connectivity index (χ3v) is 2.44. The molecule has 2 nitrogen and oxygen atoms in total. The van der Waals surface area contributed by atoms with E-state index in [-0.39, 0.29) is 0 Å². The topological polar surface area (TPSA) is 37.3 Å². The first-order chi connectivity index (χ1) is 4.70. The molecule has 0 aliphatic carbocycles. The lowest BCUT2D eigenvalue weighted by atomic mass is 10.0. The molecular formula is C7H16O2S. The predicted molar refractivity (Wildman–Crippen MR) is 44.3 cm³/mol. The average molecular weight is 164 g/mol. The number of rotatable bonds is 5. The summed E-state index contributed by atoms with van der Waals surface area (Å²) < 4.78 is 18.7. The lowest BCUT2D eigenvalue weighted by Gasteiger charge is -2.08. The van der Waals surface area contributed by atoms with E-state index in [0.717, 1.165) is 19.3 Å². The van der Waals surface area contributed by atoms with Gasteiger partial charge in [-0.2, -0.15) is 0 Å². The highest BCUT2D eigenvalue weighted by Crippen LogP contribution is 2.11. The zero-order valence-corrected chi connectivity index (χ0v) is 7.49. The third kappa shape index (κ3) is 4.94. The van der Waals surface area contributed by atoms with E-state index in [2.05, 4.69) is 13.8 Å². The minimum Gasteiger partial charge on any atom is -0.306 e. The van der Waals surface area contributed by atoms with Gasteiger partial charge in [-0.05, 0) is 12.3 Å². The minimum atomic E-state index is -1.59. The van der Waals surface area contributed by atoms with Crippen LogP contribution in [-0.2, 0) is 11.1 Å². The molecule has 0 aromatic rings.